The smallest absolute Gasteiger partial charge is 0.242 e. The normalized spacial score (nSPS) is 17.1. The second-order valence-electron chi connectivity index (χ2n) is 6.88. The van der Waals surface area contributed by atoms with Crippen LogP contribution in [0, 0.1) is 6.92 Å². The number of methoxy groups -OCH3 is 2. The first-order valence-corrected chi connectivity index (χ1v) is 11.4. The molecule has 1 heterocycles. The molecule has 3 rings (SSSR count). The lowest BCUT2D eigenvalue weighted by Gasteiger charge is -2.30. The molecule has 1 N–H and O–H groups in total. The maximum Gasteiger partial charge on any atom is 0.242 e. The quantitative estimate of drug-likeness (QED) is 0.637. The van der Waals surface area contributed by atoms with Gasteiger partial charge in [-0.2, -0.15) is 9.71 Å². The number of benzene rings is 1. The van der Waals surface area contributed by atoms with Crippen LogP contribution in [0.15, 0.2) is 26.0 Å². The van der Waals surface area contributed by atoms with Crippen LogP contribution in [0.3, 0.4) is 0 Å². The molecule has 1 aliphatic rings. The second-order valence-corrected chi connectivity index (χ2v) is 9.38. The van der Waals surface area contributed by atoms with Gasteiger partial charge in [0.1, 0.15) is 4.90 Å². The molecule has 1 aromatic heterocycles. The number of halogens is 1. The molecule has 2 aromatic rings. The molecular formula is C18H24BrN3O5S. The summed E-state index contributed by atoms with van der Waals surface area (Å²) in [6.07, 6.45) is 5.05. The third-order valence-corrected chi connectivity index (χ3v) is 7.46. The highest BCUT2D eigenvalue weighted by Crippen LogP contribution is 2.39. The van der Waals surface area contributed by atoms with Crippen molar-refractivity contribution in [3.8, 4) is 11.5 Å². The minimum Gasteiger partial charge on any atom is -0.493 e. The standard InChI is InChI=1S/C18H24BrN3O5S/c1-12-20-17(21-27-12)18(8-6-4-5-7-9-18)22-28(23,24)16-11-15(26-3)14(25-2)10-13(16)19/h10-11,22H,4-9H2,1-3H3. The molecule has 28 heavy (non-hydrogen) atoms. The molecule has 1 aliphatic carbocycles. The van der Waals surface area contributed by atoms with E-state index >= 15 is 0 Å². The number of ether oxygens (including phenoxy) is 2. The Morgan fingerprint density at radius 3 is 2.25 bits per heavy atom. The molecule has 0 unspecified atom stereocenters. The maximum atomic E-state index is 13.4. The van der Waals surface area contributed by atoms with Crippen molar-refractivity contribution in [1.29, 1.82) is 0 Å². The third-order valence-electron chi connectivity index (χ3n) is 4.97. The zero-order valence-electron chi connectivity index (χ0n) is 16.1. The van der Waals surface area contributed by atoms with Crippen molar-refractivity contribution >= 4 is 26.0 Å². The van der Waals surface area contributed by atoms with Gasteiger partial charge in [0.05, 0.1) is 19.8 Å². The molecule has 1 saturated carbocycles. The highest BCUT2D eigenvalue weighted by molar-refractivity contribution is 9.10. The van der Waals surface area contributed by atoms with Crippen LogP contribution >= 0.6 is 15.9 Å². The molecule has 0 spiro atoms. The minimum absolute atomic E-state index is 0.0639. The zero-order chi connectivity index (χ0) is 20.4. The number of aromatic nitrogens is 2. The van der Waals surface area contributed by atoms with E-state index in [9.17, 15) is 8.42 Å². The predicted octanol–water partition coefficient (Wildman–Crippen LogP) is 3.69. The highest BCUT2D eigenvalue weighted by Gasteiger charge is 2.41. The summed E-state index contributed by atoms with van der Waals surface area (Å²) in [5.41, 5.74) is -0.903. The molecule has 0 saturated heterocycles. The lowest BCUT2D eigenvalue weighted by atomic mass is 9.91. The van der Waals surface area contributed by atoms with Crippen LogP contribution in [0.25, 0.3) is 0 Å². The summed E-state index contributed by atoms with van der Waals surface area (Å²) in [5, 5.41) is 4.05. The van der Waals surface area contributed by atoms with E-state index in [1.54, 1.807) is 13.0 Å². The Morgan fingerprint density at radius 2 is 1.71 bits per heavy atom. The summed E-state index contributed by atoms with van der Waals surface area (Å²) in [5.74, 6) is 1.56. The summed E-state index contributed by atoms with van der Waals surface area (Å²) in [6.45, 7) is 1.69. The van der Waals surface area contributed by atoms with Crippen LogP contribution in [0.4, 0.5) is 0 Å². The van der Waals surface area contributed by atoms with E-state index in [4.69, 9.17) is 14.0 Å². The fraction of sp³-hybridized carbons (Fsp3) is 0.556. The number of rotatable bonds is 6. The van der Waals surface area contributed by atoms with Crippen molar-refractivity contribution in [2.75, 3.05) is 14.2 Å². The highest BCUT2D eigenvalue weighted by atomic mass is 79.9. The molecule has 1 aromatic carbocycles. The van der Waals surface area contributed by atoms with E-state index in [2.05, 4.69) is 30.8 Å². The van der Waals surface area contributed by atoms with E-state index < -0.39 is 15.6 Å². The number of hydrogen-bond acceptors (Lipinski definition) is 7. The van der Waals surface area contributed by atoms with E-state index in [1.165, 1.54) is 20.3 Å². The number of nitrogens with one attached hydrogen (secondary N) is 1. The van der Waals surface area contributed by atoms with Crippen molar-refractivity contribution in [3.05, 3.63) is 28.3 Å². The van der Waals surface area contributed by atoms with Gasteiger partial charge in [0.25, 0.3) is 0 Å². The van der Waals surface area contributed by atoms with Gasteiger partial charge in [-0.1, -0.05) is 30.8 Å². The van der Waals surface area contributed by atoms with Gasteiger partial charge in [-0.15, -0.1) is 0 Å². The molecular weight excluding hydrogens is 450 g/mol. The van der Waals surface area contributed by atoms with Crippen LogP contribution in [0.2, 0.25) is 0 Å². The summed E-state index contributed by atoms with van der Waals surface area (Å²) in [7, 11) is -0.957. The SMILES string of the molecule is COc1cc(Br)c(S(=O)(=O)NC2(c3noc(C)n3)CCCCCC2)cc1OC. The Morgan fingerprint density at radius 1 is 1.11 bits per heavy atom. The van der Waals surface area contributed by atoms with Crippen molar-refractivity contribution in [2.45, 2.75) is 55.9 Å². The first kappa shape index (κ1) is 21.1. The molecule has 0 atom stereocenters. The molecule has 10 heteroatoms. The van der Waals surface area contributed by atoms with Crippen molar-refractivity contribution in [2.24, 2.45) is 0 Å². The fourth-order valence-electron chi connectivity index (χ4n) is 3.55. The van der Waals surface area contributed by atoms with Crippen molar-refractivity contribution in [1.82, 2.24) is 14.9 Å². The predicted molar refractivity (Wildman–Crippen MR) is 106 cm³/mol. The lowest BCUT2D eigenvalue weighted by Crippen LogP contribution is -2.46. The topological polar surface area (TPSA) is 104 Å². The van der Waals surface area contributed by atoms with Crippen molar-refractivity contribution < 1.29 is 22.4 Å². The lowest BCUT2D eigenvalue weighted by molar-refractivity contribution is 0.301. The Kier molecular flexibility index (Phi) is 6.31. The van der Waals surface area contributed by atoms with Crippen LogP contribution < -0.4 is 14.2 Å². The molecule has 0 bridgehead atoms. The summed E-state index contributed by atoms with van der Waals surface area (Å²) < 4.78 is 45.7. The average molecular weight is 474 g/mol. The van der Waals surface area contributed by atoms with Crippen molar-refractivity contribution in [3.63, 3.8) is 0 Å². The van der Waals surface area contributed by atoms with Crippen LogP contribution in [0.5, 0.6) is 11.5 Å². The summed E-state index contributed by atoms with van der Waals surface area (Å²) in [6, 6.07) is 3.02. The molecule has 154 valence electrons. The first-order valence-electron chi connectivity index (χ1n) is 9.07. The summed E-state index contributed by atoms with van der Waals surface area (Å²) >= 11 is 3.34. The zero-order valence-corrected chi connectivity index (χ0v) is 18.5. The van der Waals surface area contributed by atoms with Gasteiger partial charge in [0, 0.05) is 17.5 Å². The number of hydrogen-bond donors (Lipinski definition) is 1. The number of aryl methyl sites for hydroxylation is 1. The van der Waals surface area contributed by atoms with E-state index in [-0.39, 0.29) is 4.90 Å². The van der Waals surface area contributed by atoms with E-state index in [0.717, 1.165) is 25.7 Å². The minimum atomic E-state index is -3.92. The van der Waals surface area contributed by atoms with Gasteiger partial charge in [-0.05, 0) is 34.8 Å². The van der Waals surface area contributed by atoms with Crippen LogP contribution in [0.1, 0.15) is 50.2 Å². The van der Waals surface area contributed by atoms with Gasteiger partial charge in [-0.25, -0.2) is 8.42 Å². The molecule has 0 radical (unpaired) electrons. The number of nitrogens with zero attached hydrogens (tertiary/aromatic N) is 2. The van der Waals surface area contributed by atoms with Gasteiger partial charge in [0.2, 0.25) is 15.9 Å². The number of sulfonamides is 1. The Balaban J connectivity index is 2.05. The monoisotopic (exact) mass is 473 g/mol. The molecule has 0 amide bonds. The fourth-order valence-corrected chi connectivity index (χ4v) is 6.01. The Labute approximate surface area is 173 Å². The largest absolute Gasteiger partial charge is 0.493 e. The van der Waals surface area contributed by atoms with Gasteiger partial charge in [0.15, 0.2) is 17.3 Å². The maximum absolute atomic E-state index is 13.4. The first-order chi connectivity index (χ1) is 13.3. The van der Waals surface area contributed by atoms with E-state index in [0.29, 0.717) is 40.5 Å². The molecule has 1 fully saturated rings. The van der Waals surface area contributed by atoms with Gasteiger partial charge < -0.3 is 14.0 Å². The van der Waals surface area contributed by atoms with Gasteiger partial charge in [-0.3, -0.25) is 0 Å². The van der Waals surface area contributed by atoms with E-state index in [1.807, 2.05) is 0 Å². The Bertz CT molecular complexity index is 937. The third kappa shape index (κ3) is 4.18. The van der Waals surface area contributed by atoms with Gasteiger partial charge >= 0.3 is 0 Å². The molecule has 8 nitrogen and oxygen atoms in total. The average Bonchev–Trinajstić information content (AvgIpc) is 2.97. The second kappa shape index (κ2) is 8.38. The van der Waals surface area contributed by atoms with Crippen LogP contribution in [-0.4, -0.2) is 32.8 Å². The molecule has 0 aliphatic heterocycles. The summed E-state index contributed by atoms with van der Waals surface area (Å²) in [4.78, 5) is 4.41. The van der Waals surface area contributed by atoms with Crippen LogP contribution in [-0.2, 0) is 15.6 Å². The Hall–Kier alpha value is -1.65.